The molecule has 1 amide bonds. The van der Waals surface area contributed by atoms with Gasteiger partial charge in [-0.1, -0.05) is 38.1 Å². The van der Waals surface area contributed by atoms with Crippen LogP contribution in [0, 0.1) is 12.3 Å². The zero-order valence-corrected chi connectivity index (χ0v) is 14.2. The Morgan fingerprint density at radius 3 is 2.14 bits per heavy atom. The van der Waals surface area contributed by atoms with Crippen LogP contribution in [-0.4, -0.2) is 23.5 Å². The van der Waals surface area contributed by atoms with Gasteiger partial charge >= 0.3 is 5.97 Å². The van der Waals surface area contributed by atoms with E-state index in [1.54, 1.807) is 0 Å². The Hall–Kier alpha value is -1.84. The van der Waals surface area contributed by atoms with Crippen LogP contribution in [0.2, 0.25) is 0 Å². The number of hydrogen-bond donors (Lipinski definition) is 2. The summed E-state index contributed by atoms with van der Waals surface area (Å²) < 4.78 is 0. The molecule has 122 valence electrons. The molecule has 0 aliphatic carbocycles. The van der Waals surface area contributed by atoms with Gasteiger partial charge in [0.25, 0.3) is 0 Å². The second kappa shape index (κ2) is 6.95. The van der Waals surface area contributed by atoms with Crippen molar-refractivity contribution >= 4 is 11.9 Å². The quantitative estimate of drug-likeness (QED) is 0.812. The second-order valence-corrected chi connectivity index (χ2v) is 6.42. The number of aliphatic carboxylic acids is 1. The van der Waals surface area contributed by atoms with Crippen molar-refractivity contribution in [3.8, 4) is 0 Å². The lowest BCUT2D eigenvalue weighted by Crippen LogP contribution is -2.47. The van der Waals surface area contributed by atoms with Crippen LogP contribution >= 0.6 is 0 Å². The first-order valence-corrected chi connectivity index (χ1v) is 7.79. The zero-order chi connectivity index (χ0) is 17.0. The number of hydrogen-bond acceptors (Lipinski definition) is 2. The van der Waals surface area contributed by atoms with Crippen LogP contribution in [-0.2, 0) is 15.0 Å². The van der Waals surface area contributed by atoms with E-state index in [-0.39, 0.29) is 12.5 Å². The van der Waals surface area contributed by atoms with Crippen molar-refractivity contribution in [1.82, 2.24) is 5.32 Å². The standard InChI is InChI=1S/C18H27NO3/c1-6-18(7-2,16(21)22)12-19-15(20)17(4,5)14-11-9-8-10-13(14)3/h8-11H,6-7,12H2,1-5H3,(H,19,20)(H,21,22). The minimum absolute atomic E-state index is 0.144. The summed E-state index contributed by atoms with van der Waals surface area (Å²) in [5.74, 6) is -0.999. The van der Waals surface area contributed by atoms with Gasteiger partial charge in [0.05, 0.1) is 10.8 Å². The molecule has 0 heterocycles. The zero-order valence-electron chi connectivity index (χ0n) is 14.2. The summed E-state index contributed by atoms with van der Waals surface area (Å²) in [6, 6.07) is 7.77. The number of amides is 1. The minimum atomic E-state index is -0.891. The Bertz CT molecular complexity index is 545. The van der Waals surface area contributed by atoms with Gasteiger partial charge in [0.1, 0.15) is 0 Å². The first kappa shape index (κ1) is 18.2. The van der Waals surface area contributed by atoms with Gasteiger partial charge in [0, 0.05) is 6.54 Å². The van der Waals surface area contributed by atoms with E-state index in [4.69, 9.17) is 0 Å². The predicted molar refractivity (Wildman–Crippen MR) is 87.9 cm³/mol. The summed E-state index contributed by atoms with van der Waals surface area (Å²) in [5.41, 5.74) is 0.425. The molecular formula is C18H27NO3. The van der Waals surface area contributed by atoms with Crippen molar-refractivity contribution in [3.63, 3.8) is 0 Å². The van der Waals surface area contributed by atoms with Crippen LogP contribution in [0.15, 0.2) is 24.3 Å². The predicted octanol–water partition coefficient (Wildman–Crippen LogP) is 3.28. The molecule has 22 heavy (non-hydrogen) atoms. The van der Waals surface area contributed by atoms with Crippen molar-refractivity contribution in [3.05, 3.63) is 35.4 Å². The number of carbonyl (C=O) groups is 2. The van der Waals surface area contributed by atoms with Crippen LogP contribution in [0.4, 0.5) is 0 Å². The van der Waals surface area contributed by atoms with Crippen molar-refractivity contribution < 1.29 is 14.7 Å². The number of carbonyl (C=O) groups excluding carboxylic acids is 1. The van der Waals surface area contributed by atoms with Crippen molar-refractivity contribution in [2.75, 3.05) is 6.54 Å². The van der Waals surface area contributed by atoms with Gasteiger partial charge in [-0.25, -0.2) is 0 Å². The maximum Gasteiger partial charge on any atom is 0.311 e. The molecule has 0 radical (unpaired) electrons. The number of nitrogens with one attached hydrogen (secondary N) is 1. The second-order valence-electron chi connectivity index (χ2n) is 6.42. The van der Waals surface area contributed by atoms with Gasteiger partial charge in [-0.05, 0) is 44.7 Å². The SMILES string of the molecule is CCC(CC)(CNC(=O)C(C)(C)c1ccccc1C)C(=O)O. The van der Waals surface area contributed by atoms with Gasteiger partial charge in [0.2, 0.25) is 5.91 Å². The molecule has 1 rings (SSSR count). The first-order chi connectivity index (χ1) is 10.2. The largest absolute Gasteiger partial charge is 0.481 e. The van der Waals surface area contributed by atoms with Gasteiger partial charge in [-0.15, -0.1) is 0 Å². The van der Waals surface area contributed by atoms with E-state index < -0.39 is 16.8 Å². The van der Waals surface area contributed by atoms with E-state index in [1.165, 1.54) is 0 Å². The maximum absolute atomic E-state index is 12.6. The first-order valence-electron chi connectivity index (χ1n) is 7.79. The van der Waals surface area contributed by atoms with Crippen LogP contribution in [0.1, 0.15) is 51.7 Å². The molecule has 0 aliphatic rings. The van der Waals surface area contributed by atoms with Gasteiger partial charge in [-0.2, -0.15) is 0 Å². The summed E-state index contributed by atoms with van der Waals surface area (Å²) in [6.45, 7) is 9.55. The number of rotatable bonds is 7. The average Bonchev–Trinajstić information content (AvgIpc) is 2.48. The Morgan fingerprint density at radius 2 is 1.68 bits per heavy atom. The lowest BCUT2D eigenvalue weighted by molar-refractivity contribution is -0.149. The number of benzene rings is 1. The molecule has 0 aliphatic heterocycles. The van der Waals surface area contributed by atoms with E-state index in [1.807, 2.05) is 58.9 Å². The Morgan fingerprint density at radius 1 is 1.14 bits per heavy atom. The molecule has 0 aromatic heterocycles. The van der Waals surface area contributed by atoms with E-state index in [2.05, 4.69) is 5.32 Å². The molecule has 4 nitrogen and oxygen atoms in total. The lowest BCUT2D eigenvalue weighted by atomic mass is 9.79. The number of carboxylic acid groups (broad SMARTS) is 1. The fraction of sp³-hybridized carbons (Fsp3) is 0.556. The molecule has 0 unspecified atom stereocenters. The highest BCUT2D eigenvalue weighted by atomic mass is 16.4. The molecule has 0 spiro atoms. The van der Waals surface area contributed by atoms with E-state index in [9.17, 15) is 14.7 Å². The average molecular weight is 305 g/mol. The van der Waals surface area contributed by atoms with Crippen LogP contribution < -0.4 is 5.32 Å². The van der Waals surface area contributed by atoms with Gasteiger partial charge < -0.3 is 10.4 Å². The number of aryl methyl sites for hydroxylation is 1. The van der Waals surface area contributed by atoms with E-state index in [0.717, 1.165) is 11.1 Å². The molecule has 0 saturated heterocycles. The summed E-state index contributed by atoms with van der Waals surface area (Å²) in [4.78, 5) is 24.1. The van der Waals surface area contributed by atoms with Crippen molar-refractivity contribution in [1.29, 1.82) is 0 Å². The fourth-order valence-corrected chi connectivity index (χ4v) is 2.74. The Labute approximate surface area is 132 Å². The fourth-order valence-electron chi connectivity index (χ4n) is 2.74. The summed E-state index contributed by atoms with van der Waals surface area (Å²) in [5, 5.41) is 12.3. The van der Waals surface area contributed by atoms with E-state index >= 15 is 0 Å². The molecule has 4 heteroatoms. The summed E-state index contributed by atoms with van der Waals surface area (Å²) in [7, 11) is 0. The highest BCUT2D eigenvalue weighted by Gasteiger charge is 2.37. The smallest absolute Gasteiger partial charge is 0.311 e. The molecule has 0 atom stereocenters. The molecule has 1 aromatic rings. The van der Waals surface area contributed by atoms with E-state index in [0.29, 0.717) is 12.8 Å². The third-order valence-electron chi connectivity index (χ3n) is 4.78. The molecule has 2 N–H and O–H groups in total. The van der Waals surface area contributed by atoms with Crippen molar-refractivity contribution in [2.45, 2.75) is 52.9 Å². The molecular weight excluding hydrogens is 278 g/mol. The highest BCUT2D eigenvalue weighted by Crippen LogP contribution is 2.29. The topological polar surface area (TPSA) is 66.4 Å². The third-order valence-corrected chi connectivity index (χ3v) is 4.78. The van der Waals surface area contributed by atoms with Crippen molar-refractivity contribution in [2.24, 2.45) is 5.41 Å². The Kier molecular flexibility index (Phi) is 5.75. The third kappa shape index (κ3) is 3.49. The van der Waals surface area contributed by atoms with Crippen LogP contribution in [0.5, 0.6) is 0 Å². The van der Waals surface area contributed by atoms with Gasteiger partial charge in [-0.3, -0.25) is 9.59 Å². The minimum Gasteiger partial charge on any atom is -0.481 e. The highest BCUT2D eigenvalue weighted by molar-refractivity contribution is 5.88. The lowest BCUT2D eigenvalue weighted by Gasteiger charge is -2.31. The Balaban J connectivity index is 2.93. The monoisotopic (exact) mass is 305 g/mol. The van der Waals surface area contributed by atoms with Crippen LogP contribution in [0.3, 0.4) is 0 Å². The molecule has 0 fully saturated rings. The summed E-state index contributed by atoms with van der Waals surface area (Å²) in [6.07, 6.45) is 0.980. The molecule has 0 saturated carbocycles. The normalized spacial score (nSPS) is 12.0. The van der Waals surface area contributed by atoms with Gasteiger partial charge in [0.15, 0.2) is 0 Å². The van der Waals surface area contributed by atoms with Crippen LogP contribution in [0.25, 0.3) is 0 Å². The molecule has 1 aromatic carbocycles. The maximum atomic E-state index is 12.6. The summed E-state index contributed by atoms with van der Waals surface area (Å²) >= 11 is 0. The molecule has 0 bridgehead atoms. The number of carboxylic acids is 1.